The summed E-state index contributed by atoms with van der Waals surface area (Å²) in [5.41, 5.74) is 0.173. The third-order valence-electron chi connectivity index (χ3n) is 4.94. The number of hydrogen-bond donors (Lipinski definition) is 4. The van der Waals surface area contributed by atoms with Crippen LogP contribution in [0, 0.1) is 6.92 Å². The zero-order valence-electron chi connectivity index (χ0n) is 21.2. The van der Waals surface area contributed by atoms with Crippen LogP contribution in [0.3, 0.4) is 0 Å². The van der Waals surface area contributed by atoms with Crippen molar-refractivity contribution in [3.8, 4) is 5.75 Å². The Morgan fingerprint density at radius 3 is 2.37 bits per heavy atom. The number of nitrogens with zero attached hydrogens (tertiary/aromatic N) is 1. The van der Waals surface area contributed by atoms with E-state index in [0.29, 0.717) is 17.5 Å². The number of carbonyl (C=O) groups excluding carboxylic acids is 4. The SMILES string of the molecule is CCCCN(C(=O)C(CS)NC(=O)OC(C)(C)C)C(C(=O)NCC(=O)OC)c1ccc(O)c(C)c1. The van der Waals surface area contributed by atoms with Gasteiger partial charge >= 0.3 is 12.1 Å². The summed E-state index contributed by atoms with van der Waals surface area (Å²) in [6.45, 7) is 8.53. The number of hydrogen-bond acceptors (Lipinski definition) is 8. The molecule has 0 aromatic heterocycles. The maximum absolute atomic E-state index is 13.6. The predicted octanol–water partition coefficient (Wildman–Crippen LogP) is 2.48. The Hall–Kier alpha value is -2.95. The molecule has 0 radical (unpaired) electrons. The highest BCUT2D eigenvalue weighted by Gasteiger charge is 2.36. The van der Waals surface area contributed by atoms with Gasteiger partial charge in [0.25, 0.3) is 0 Å². The Balaban J connectivity index is 3.40. The van der Waals surface area contributed by atoms with E-state index in [-0.39, 0.29) is 24.6 Å². The molecule has 35 heavy (non-hydrogen) atoms. The van der Waals surface area contributed by atoms with Crippen LogP contribution in [0.5, 0.6) is 5.75 Å². The Morgan fingerprint density at radius 1 is 1.20 bits per heavy atom. The van der Waals surface area contributed by atoms with Gasteiger partial charge in [-0.15, -0.1) is 0 Å². The van der Waals surface area contributed by atoms with E-state index < -0.39 is 41.6 Å². The number of aromatic hydroxyl groups is 1. The van der Waals surface area contributed by atoms with E-state index in [9.17, 15) is 24.3 Å². The third-order valence-corrected chi connectivity index (χ3v) is 5.30. The van der Waals surface area contributed by atoms with E-state index in [1.807, 2.05) is 6.92 Å². The van der Waals surface area contributed by atoms with E-state index in [0.717, 1.165) is 6.42 Å². The van der Waals surface area contributed by atoms with Crippen LogP contribution in [0.2, 0.25) is 0 Å². The summed E-state index contributed by atoms with van der Waals surface area (Å²) >= 11 is 4.23. The average Bonchev–Trinajstić information content (AvgIpc) is 2.78. The molecular formula is C24H37N3O7S. The molecule has 0 heterocycles. The quantitative estimate of drug-likeness (QED) is 0.265. The lowest BCUT2D eigenvalue weighted by atomic mass is 10.00. The van der Waals surface area contributed by atoms with Crippen molar-refractivity contribution in [2.45, 2.75) is 65.1 Å². The summed E-state index contributed by atoms with van der Waals surface area (Å²) in [7, 11) is 1.20. The largest absolute Gasteiger partial charge is 0.508 e. The third kappa shape index (κ3) is 9.67. The molecule has 3 N–H and O–H groups in total. The number of alkyl carbamates (subject to hydrolysis) is 1. The Labute approximate surface area is 212 Å². The van der Waals surface area contributed by atoms with Gasteiger partial charge < -0.3 is 30.1 Å². The second kappa shape index (κ2) is 13.8. The summed E-state index contributed by atoms with van der Waals surface area (Å²) in [5.74, 6) is -1.80. The number of nitrogens with one attached hydrogen (secondary N) is 2. The minimum absolute atomic E-state index is 0.0359. The second-order valence-electron chi connectivity index (χ2n) is 9.01. The van der Waals surface area contributed by atoms with Crippen molar-refractivity contribution in [1.29, 1.82) is 0 Å². The molecule has 0 aliphatic heterocycles. The molecule has 0 saturated heterocycles. The van der Waals surface area contributed by atoms with Gasteiger partial charge in [0.2, 0.25) is 11.8 Å². The predicted molar refractivity (Wildman–Crippen MR) is 134 cm³/mol. The van der Waals surface area contributed by atoms with Gasteiger partial charge in [0.15, 0.2) is 0 Å². The van der Waals surface area contributed by atoms with Gasteiger partial charge in [-0.25, -0.2) is 4.79 Å². The molecule has 0 spiro atoms. The topological polar surface area (TPSA) is 134 Å². The first-order chi connectivity index (χ1) is 16.3. The highest BCUT2D eigenvalue weighted by Crippen LogP contribution is 2.27. The molecule has 2 unspecified atom stereocenters. The number of carbonyl (C=O) groups is 4. The van der Waals surface area contributed by atoms with Gasteiger partial charge in [0, 0.05) is 12.3 Å². The number of ether oxygens (including phenoxy) is 2. The van der Waals surface area contributed by atoms with Crippen molar-refractivity contribution in [2.75, 3.05) is 26.0 Å². The molecule has 0 aliphatic carbocycles. The number of benzene rings is 1. The molecule has 1 aromatic rings. The smallest absolute Gasteiger partial charge is 0.408 e. The van der Waals surface area contributed by atoms with Gasteiger partial charge in [-0.2, -0.15) is 12.6 Å². The Kier molecular flexibility index (Phi) is 11.9. The van der Waals surface area contributed by atoms with Gasteiger partial charge in [0.1, 0.15) is 30.0 Å². The number of esters is 1. The summed E-state index contributed by atoms with van der Waals surface area (Å²) in [6.07, 6.45) is 0.530. The van der Waals surface area contributed by atoms with Crippen LogP contribution in [0.4, 0.5) is 4.79 Å². The van der Waals surface area contributed by atoms with E-state index >= 15 is 0 Å². The first-order valence-corrected chi connectivity index (χ1v) is 12.0. The summed E-state index contributed by atoms with van der Waals surface area (Å²) in [6, 6.07) is 2.36. The molecule has 0 bridgehead atoms. The van der Waals surface area contributed by atoms with E-state index in [4.69, 9.17) is 4.74 Å². The van der Waals surface area contributed by atoms with Crippen LogP contribution in [-0.2, 0) is 23.9 Å². The van der Waals surface area contributed by atoms with Gasteiger partial charge in [-0.05, 0) is 57.4 Å². The highest BCUT2D eigenvalue weighted by atomic mass is 32.1. The first-order valence-electron chi connectivity index (χ1n) is 11.4. The van der Waals surface area contributed by atoms with E-state index in [1.165, 1.54) is 24.1 Å². The van der Waals surface area contributed by atoms with Gasteiger partial charge in [-0.1, -0.05) is 19.4 Å². The minimum Gasteiger partial charge on any atom is -0.508 e. The van der Waals surface area contributed by atoms with Crippen molar-refractivity contribution < 1.29 is 33.8 Å². The van der Waals surface area contributed by atoms with E-state index in [1.54, 1.807) is 33.8 Å². The number of phenolic OH excluding ortho intramolecular Hbond substituents is 1. The number of aryl methyl sites for hydroxylation is 1. The van der Waals surface area contributed by atoms with Crippen LogP contribution < -0.4 is 10.6 Å². The molecule has 0 aliphatic rings. The van der Waals surface area contributed by atoms with Crippen molar-refractivity contribution in [3.05, 3.63) is 29.3 Å². The number of phenols is 1. The average molecular weight is 512 g/mol. The lowest BCUT2D eigenvalue weighted by molar-refractivity contribution is -0.144. The zero-order chi connectivity index (χ0) is 26.8. The van der Waals surface area contributed by atoms with Crippen molar-refractivity contribution in [3.63, 3.8) is 0 Å². The maximum atomic E-state index is 13.6. The highest BCUT2D eigenvalue weighted by molar-refractivity contribution is 7.80. The number of rotatable bonds is 11. The fraction of sp³-hybridized carbons (Fsp3) is 0.583. The summed E-state index contributed by atoms with van der Waals surface area (Å²) in [5, 5.41) is 15.0. The maximum Gasteiger partial charge on any atom is 0.408 e. The molecule has 196 valence electrons. The molecule has 3 amide bonds. The van der Waals surface area contributed by atoms with Crippen LogP contribution in [0.1, 0.15) is 57.7 Å². The molecule has 11 heteroatoms. The fourth-order valence-electron chi connectivity index (χ4n) is 3.18. The Bertz CT molecular complexity index is 902. The van der Waals surface area contributed by atoms with Crippen molar-refractivity contribution >= 4 is 36.5 Å². The van der Waals surface area contributed by atoms with Crippen molar-refractivity contribution in [1.82, 2.24) is 15.5 Å². The summed E-state index contributed by atoms with van der Waals surface area (Å²) in [4.78, 5) is 52.2. The number of unbranched alkanes of at least 4 members (excludes halogenated alkanes) is 1. The van der Waals surface area contributed by atoms with Crippen molar-refractivity contribution in [2.24, 2.45) is 0 Å². The number of thiol groups is 1. The number of methoxy groups -OCH3 is 1. The summed E-state index contributed by atoms with van der Waals surface area (Å²) < 4.78 is 9.86. The van der Waals surface area contributed by atoms with E-state index in [2.05, 4.69) is 28.0 Å². The number of amides is 3. The van der Waals surface area contributed by atoms with Crippen LogP contribution in [0.25, 0.3) is 0 Å². The molecule has 2 atom stereocenters. The second-order valence-corrected chi connectivity index (χ2v) is 9.37. The Morgan fingerprint density at radius 2 is 1.86 bits per heavy atom. The molecule has 10 nitrogen and oxygen atoms in total. The van der Waals surface area contributed by atoms with Crippen LogP contribution in [0.15, 0.2) is 18.2 Å². The zero-order valence-corrected chi connectivity index (χ0v) is 22.1. The standard InChI is InChI=1S/C24H37N3O7S/c1-7-8-11-27(22(31)17(14-35)26-23(32)34-24(3,4)5)20(21(30)25-13-19(29)33-6)16-9-10-18(28)15(2)12-16/h9-10,12,17,20,28,35H,7-8,11,13-14H2,1-6H3,(H,25,30)(H,26,32). The van der Waals surface area contributed by atoms with Crippen LogP contribution in [-0.4, -0.2) is 71.5 Å². The fourth-order valence-corrected chi connectivity index (χ4v) is 3.43. The molecule has 1 aromatic carbocycles. The molecule has 0 fully saturated rings. The molecule has 0 saturated carbocycles. The first kappa shape index (κ1) is 30.1. The monoisotopic (exact) mass is 511 g/mol. The molecule has 1 rings (SSSR count). The normalized spacial score (nSPS) is 12.8. The molecular weight excluding hydrogens is 474 g/mol. The van der Waals surface area contributed by atoms with Gasteiger partial charge in [0.05, 0.1) is 7.11 Å². The minimum atomic E-state index is -1.14. The lowest BCUT2D eigenvalue weighted by Crippen LogP contribution is -2.54. The lowest BCUT2D eigenvalue weighted by Gasteiger charge is -2.34. The van der Waals surface area contributed by atoms with Gasteiger partial charge in [-0.3, -0.25) is 14.4 Å². The van der Waals surface area contributed by atoms with Crippen LogP contribution >= 0.6 is 12.6 Å².